The fourth-order valence-electron chi connectivity index (χ4n) is 2.52. The van der Waals surface area contributed by atoms with Crippen LogP contribution in [0.1, 0.15) is 28.5 Å². The lowest BCUT2D eigenvalue weighted by Gasteiger charge is -2.12. The summed E-state index contributed by atoms with van der Waals surface area (Å²) in [5.74, 6) is 0.431. The van der Waals surface area contributed by atoms with Crippen LogP contribution < -0.4 is 4.74 Å². The highest BCUT2D eigenvalue weighted by molar-refractivity contribution is 7.13. The number of carbonyl (C=O) groups excluding carboxylic acids is 1. The third-order valence-corrected chi connectivity index (χ3v) is 5.20. The van der Waals surface area contributed by atoms with Gasteiger partial charge in [0.1, 0.15) is 23.1 Å². The summed E-state index contributed by atoms with van der Waals surface area (Å²) in [6.07, 6.45) is -4.35. The molecule has 0 unspecified atom stereocenters. The molecule has 2 aromatic carbocycles. The van der Waals surface area contributed by atoms with E-state index in [0.717, 1.165) is 17.7 Å². The van der Waals surface area contributed by atoms with E-state index in [1.54, 1.807) is 35.5 Å². The van der Waals surface area contributed by atoms with Crippen LogP contribution in [0.5, 0.6) is 5.75 Å². The normalized spacial score (nSPS) is 11.3. The monoisotopic (exact) mass is 420 g/mol. The Hall–Kier alpha value is -2.87. The van der Waals surface area contributed by atoms with Crippen molar-refractivity contribution in [3.63, 3.8) is 0 Å². The SMILES string of the molecule is CCN(C)C(=O)c1csc(-c2cccc(OCc3ccc(C(F)(F)F)cc3)c2)n1. The van der Waals surface area contributed by atoms with Crippen molar-refractivity contribution >= 4 is 17.2 Å². The number of carbonyl (C=O) groups is 1. The van der Waals surface area contributed by atoms with Crippen molar-refractivity contribution in [2.45, 2.75) is 19.7 Å². The van der Waals surface area contributed by atoms with Crippen LogP contribution in [0.3, 0.4) is 0 Å². The van der Waals surface area contributed by atoms with Gasteiger partial charge in [-0.1, -0.05) is 24.3 Å². The Balaban J connectivity index is 1.69. The van der Waals surface area contributed by atoms with E-state index in [-0.39, 0.29) is 12.5 Å². The highest BCUT2D eigenvalue weighted by Gasteiger charge is 2.29. The van der Waals surface area contributed by atoms with E-state index in [2.05, 4.69) is 4.98 Å². The van der Waals surface area contributed by atoms with Crippen molar-refractivity contribution in [1.29, 1.82) is 0 Å². The van der Waals surface area contributed by atoms with Crippen LogP contribution in [-0.4, -0.2) is 29.4 Å². The van der Waals surface area contributed by atoms with E-state index in [1.807, 2.05) is 13.0 Å². The van der Waals surface area contributed by atoms with Crippen molar-refractivity contribution in [1.82, 2.24) is 9.88 Å². The topological polar surface area (TPSA) is 42.4 Å². The Morgan fingerprint density at radius 3 is 2.55 bits per heavy atom. The predicted octanol–water partition coefficient (Wildman–Crippen LogP) is 5.50. The number of alkyl halides is 3. The van der Waals surface area contributed by atoms with Gasteiger partial charge in [0.05, 0.1) is 5.56 Å². The zero-order valence-electron chi connectivity index (χ0n) is 15.9. The number of thiazole rings is 1. The smallest absolute Gasteiger partial charge is 0.416 e. The zero-order chi connectivity index (χ0) is 21.0. The molecule has 0 radical (unpaired) electrons. The minimum absolute atomic E-state index is 0.135. The third kappa shape index (κ3) is 5.14. The molecule has 1 amide bonds. The van der Waals surface area contributed by atoms with Gasteiger partial charge in [-0.15, -0.1) is 11.3 Å². The quantitative estimate of drug-likeness (QED) is 0.529. The Morgan fingerprint density at radius 2 is 1.90 bits per heavy atom. The van der Waals surface area contributed by atoms with Crippen LogP contribution in [0, 0.1) is 0 Å². The summed E-state index contributed by atoms with van der Waals surface area (Å²) < 4.78 is 43.6. The first-order valence-electron chi connectivity index (χ1n) is 8.88. The molecule has 0 aliphatic rings. The molecule has 0 aliphatic carbocycles. The number of rotatable bonds is 6. The van der Waals surface area contributed by atoms with Gasteiger partial charge in [0.25, 0.3) is 5.91 Å². The van der Waals surface area contributed by atoms with Crippen LogP contribution in [0.25, 0.3) is 10.6 Å². The molecule has 29 heavy (non-hydrogen) atoms. The van der Waals surface area contributed by atoms with Crippen molar-refractivity contribution in [3.05, 3.63) is 70.7 Å². The largest absolute Gasteiger partial charge is 0.489 e. The molecular formula is C21H19F3N2O2S. The lowest BCUT2D eigenvalue weighted by Crippen LogP contribution is -2.26. The highest BCUT2D eigenvalue weighted by atomic mass is 32.1. The van der Waals surface area contributed by atoms with Crippen molar-refractivity contribution in [2.24, 2.45) is 0 Å². The van der Waals surface area contributed by atoms with Gasteiger partial charge in [0.2, 0.25) is 0 Å². The fourth-order valence-corrected chi connectivity index (χ4v) is 3.31. The van der Waals surface area contributed by atoms with Crippen molar-refractivity contribution < 1.29 is 22.7 Å². The molecule has 8 heteroatoms. The summed E-state index contributed by atoms with van der Waals surface area (Å²) in [5.41, 5.74) is 1.14. The van der Waals surface area contributed by atoms with Crippen LogP contribution >= 0.6 is 11.3 Å². The molecule has 152 valence electrons. The molecule has 3 aromatic rings. The molecule has 3 rings (SSSR count). The molecule has 0 fully saturated rings. The van der Waals surface area contributed by atoms with E-state index < -0.39 is 11.7 Å². The maximum absolute atomic E-state index is 12.6. The van der Waals surface area contributed by atoms with Crippen LogP contribution in [0.2, 0.25) is 0 Å². The number of amides is 1. The zero-order valence-corrected chi connectivity index (χ0v) is 16.7. The molecule has 0 saturated heterocycles. The summed E-state index contributed by atoms with van der Waals surface area (Å²) in [7, 11) is 1.72. The second kappa shape index (κ2) is 8.65. The van der Waals surface area contributed by atoms with Gasteiger partial charge in [-0.25, -0.2) is 4.98 Å². The summed E-state index contributed by atoms with van der Waals surface area (Å²) in [5, 5.41) is 2.41. The Labute approximate surface area is 170 Å². The standard InChI is InChI=1S/C21H19F3N2O2S/c1-3-26(2)20(27)18-13-29-19(25-18)15-5-4-6-17(11-15)28-12-14-7-9-16(10-8-14)21(22,23)24/h4-11,13H,3,12H2,1-2H3. The predicted molar refractivity (Wildman–Crippen MR) is 106 cm³/mol. The molecule has 0 atom stereocenters. The van der Waals surface area contributed by atoms with Gasteiger partial charge < -0.3 is 9.64 Å². The van der Waals surface area contributed by atoms with E-state index in [1.165, 1.54) is 23.5 Å². The van der Waals surface area contributed by atoms with Gasteiger partial charge in [-0.3, -0.25) is 4.79 Å². The summed E-state index contributed by atoms with van der Waals surface area (Å²) in [6.45, 7) is 2.63. The number of hydrogen-bond acceptors (Lipinski definition) is 4. The van der Waals surface area contributed by atoms with Crippen molar-refractivity contribution in [2.75, 3.05) is 13.6 Å². The molecule has 4 nitrogen and oxygen atoms in total. The molecule has 1 aromatic heterocycles. The summed E-state index contributed by atoms with van der Waals surface area (Å²) in [4.78, 5) is 18.2. The lowest BCUT2D eigenvalue weighted by atomic mass is 10.1. The molecular weight excluding hydrogens is 401 g/mol. The summed E-state index contributed by atoms with van der Waals surface area (Å²) in [6, 6.07) is 12.1. The molecule has 1 heterocycles. The van der Waals surface area contributed by atoms with E-state index >= 15 is 0 Å². The average molecular weight is 420 g/mol. The number of halogens is 3. The average Bonchev–Trinajstić information content (AvgIpc) is 3.21. The maximum atomic E-state index is 12.6. The van der Waals surface area contributed by atoms with Gasteiger partial charge in [0, 0.05) is 24.5 Å². The van der Waals surface area contributed by atoms with E-state index in [4.69, 9.17) is 4.74 Å². The van der Waals surface area contributed by atoms with Gasteiger partial charge >= 0.3 is 6.18 Å². The van der Waals surface area contributed by atoms with Crippen LogP contribution in [0.15, 0.2) is 53.9 Å². The van der Waals surface area contributed by atoms with E-state index in [9.17, 15) is 18.0 Å². The van der Waals surface area contributed by atoms with Crippen LogP contribution in [-0.2, 0) is 12.8 Å². The highest BCUT2D eigenvalue weighted by Crippen LogP contribution is 2.30. The fraction of sp³-hybridized carbons (Fsp3) is 0.238. The molecule has 0 N–H and O–H groups in total. The van der Waals surface area contributed by atoms with Gasteiger partial charge in [0.15, 0.2) is 0 Å². The first-order chi connectivity index (χ1) is 13.8. The maximum Gasteiger partial charge on any atom is 0.416 e. The summed E-state index contributed by atoms with van der Waals surface area (Å²) >= 11 is 1.37. The Morgan fingerprint density at radius 1 is 1.17 bits per heavy atom. The first kappa shape index (κ1) is 20.9. The number of hydrogen-bond donors (Lipinski definition) is 0. The minimum Gasteiger partial charge on any atom is -0.489 e. The van der Waals surface area contributed by atoms with Gasteiger partial charge in [-0.05, 0) is 36.8 Å². The third-order valence-electron chi connectivity index (χ3n) is 4.31. The second-order valence-electron chi connectivity index (χ2n) is 6.37. The molecule has 0 bridgehead atoms. The second-order valence-corrected chi connectivity index (χ2v) is 7.23. The first-order valence-corrected chi connectivity index (χ1v) is 9.76. The Kier molecular flexibility index (Phi) is 6.22. The minimum atomic E-state index is -4.35. The van der Waals surface area contributed by atoms with Crippen LogP contribution in [0.4, 0.5) is 13.2 Å². The molecule has 0 aliphatic heterocycles. The molecule has 0 spiro atoms. The number of nitrogens with zero attached hydrogens (tertiary/aromatic N) is 2. The molecule has 0 saturated carbocycles. The lowest BCUT2D eigenvalue weighted by molar-refractivity contribution is -0.137. The number of benzene rings is 2. The van der Waals surface area contributed by atoms with Crippen molar-refractivity contribution in [3.8, 4) is 16.3 Å². The number of aromatic nitrogens is 1. The Bertz CT molecular complexity index is 984. The number of ether oxygens (including phenoxy) is 1. The van der Waals surface area contributed by atoms with Gasteiger partial charge in [-0.2, -0.15) is 13.2 Å². The van der Waals surface area contributed by atoms with E-state index in [0.29, 0.717) is 28.6 Å².